The number of para-hydroxylation sites is 1. The number of anilines is 1. The summed E-state index contributed by atoms with van der Waals surface area (Å²) in [5.41, 5.74) is 6.64. The summed E-state index contributed by atoms with van der Waals surface area (Å²) in [4.78, 5) is 2.45. The SMILES string of the molecule is Cc1ccc(C(Cl)CN2c3ccccc3CC2C)cc1C. The first-order valence-corrected chi connectivity index (χ1v) is 8.05. The molecule has 0 radical (unpaired) electrons. The molecule has 0 aliphatic carbocycles. The van der Waals surface area contributed by atoms with Gasteiger partial charge in [-0.25, -0.2) is 0 Å². The Morgan fingerprint density at radius 2 is 1.90 bits per heavy atom. The van der Waals surface area contributed by atoms with Crippen molar-refractivity contribution >= 4 is 17.3 Å². The monoisotopic (exact) mass is 299 g/mol. The van der Waals surface area contributed by atoms with Gasteiger partial charge in [0.25, 0.3) is 0 Å². The highest BCUT2D eigenvalue weighted by Crippen LogP contribution is 2.35. The third kappa shape index (κ3) is 2.80. The van der Waals surface area contributed by atoms with E-state index in [4.69, 9.17) is 11.6 Å². The summed E-state index contributed by atoms with van der Waals surface area (Å²) < 4.78 is 0. The summed E-state index contributed by atoms with van der Waals surface area (Å²) >= 11 is 6.70. The van der Waals surface area contributed by atoms with Gasteiger partial charge in [0.2, 0.25) is 0 Å². The van der Waals surface area contributed by atoms with Gasteiger partial charge < -0.3 is 4.90 Å². The summed E-state index contributed by atoms with van der Waals surface area (Å²) in [7, 11) is 0. The normalized spacial score (nSPS) is 18.7. The summed E-state index contributed by atoms with van der Waals surface area (Å²) in [5.74, 6) is 0. The maximum Gasteiger partial charge on any atom is 0.0760 e. The van der Waals surface area contributed by atoms with Crippen molar-refractivity contribution in [3.05, 3.63) is 64.7 Å². The lowest BCUT2D eigenvalue weighted by molar-refractivity contribution is 0.662. The van der Waals surface area contributed by atoms with Crippen molar-refractivity contribution in [2.75, 3.05) is 11.4 Å². The van der Waals surface area contributed by atoms with Gasteiger partial charge in [0.05, 0.1) is 5.38 Å². The minimum Gasteiger partial charge on any atom is -0.366 e. The van der Waals surface area contributed by atoms with Crippen LogP contribution in [0.25, 0.3) is 0 Å². The van der Waals surface area contributed by atoms with Crippen molar-refractivity contribution in [1.29, 1.82) is 0 Å². The number of fused-ring (bicyclic) bond motifs is 1. The molecule has 3 rings (SSSR count). The number of aryl methyl sites for hydroxylation is 2. The average Bonchev–Trinajstić information content (AvgIpc) is 2.78. The summed E-state index contributed by atoms with van der Waals surface area (Å²) in [5, 5.41) is 0.0258. The van der Waals surface area contributed by atoms with E-state index in [0.717, 1.165) is 13.0 Å². The van der Waals surface area contributed by atoms with E-state index >= 15 is 0 Å². The van der Waals surface area contributed by atoms with Gasteiger partial charge in [-0.3, -0.25) is 0 Å². The summed E-state index contributed by atoms with van der Waals surface area (Å²) in [6, 6.07) is 15.7. The van der Waals surface area contributed by atoms with Gasteiger partial charge >= 0.3 is 0 Å². The number of halogens is 1. The van der Waals surface area contributed by atoms with Crippen LogP contribution < -0.4 is 4.90 Å². The Hall–Kier alpha value is -1.47. The van der Waals surface area contributed by atoms with E-state index in [1.54, 1.807) is 0 Å². The van der Waals surface area contributed by atoms with E-state index in [2.05, 4.69) is 68.1 Å². The van der Waals surface area contributed by atoms with Crippen LogP contribution in [-0.4, -0.2) is 12.6 Å². The second-order valence-corrected chi connectivity index (χ2v) is 6.67. The Morgan fingerprint density at radius 1 is 1.14 bits per heavy atom. The first kappa shape index (κ1) is 14.5. The Bertz CT molecular complexity index is 650. The quantitative estimate of drug-likeness (QED) is 0.718. The van der Waals surface area contributed by atoms with Crippen LogP contribution in [-0.2, 0) is 6.42 Å². The molecule has 1 nitrogen and oxygen atoms in total. The van der Waals surface area contributed by atoms with E-state index in [9.17, 15) is 0 Å². The van der Waals surface area contributed by atoms with E-state index in [1.807, 2.05) is 0 Å². The first-order chi connectivity index (χ1) is 10.1. The highest BCUT2D eigenvalue weighted by Gasteiger charge is 2.27. The predicted molar refractivity (Wildman–Crippen MR) is 91.5 cm³/mol. The number of alkyl halides is 1. The minimum atomic E-state index is 0.0258. The molecule has 2 unspecified atom stereocenters. The van der Waals surface area contributed by atoms with E-state index in [-0.39, 0.29) is 5.38 Å². The Kier molecular flexibility index (Phi) is 3.95. The molecule has 2 heteroatoms. The molecule has 0 fully saturated rings. The maximum atomic E-state index is 6.70. The molecule has 0 bridgehead atoms. The zero-order valence-electron chi connectivity index (χ0n) is 12.9. The Balaban J connectivity index is 1.81. The molecule has 0 amide bonds. The number of nitrogens with zero attached hydrogens (tertiary/aromatic N) is 1. The molecule has 2 atom stereocenters. The van der Waals surface area contributed by atoms with Crippen LogP contribution in [0.1, 0.15) is 34.6 Å². The van der Waals surface area contributed by atoms with Crippen LogP contribution in [0, 0.1) is 13.8 Å². The minimum absolute atomic E-state index is 0.0258. The molecule has 0 saturated heterocycles. The zero-order chi connectivity index (χ0) is 15.0. The van der Waals surface area contributed by atoms with Crippen molar-refractivity contribution in [1.82, 2.24) is 0 Å². The molecular formula is C19H22ClN. The molecule has 110 valence electrons. The van der Waals surface area contributed by atoms with Gasteiger partial charge in [0.1, 0.15) is 0 Å². The predicted octanol–water partition coefficient (Wildman–Crippen LogP) is 5.03. The molecule has 0 saturated carbocycles. The first-order valence-electron chi connectivity index (χ1n) is 7.62. The summed E-state index contributed by atoms with van der Waals surface area (Å²) in [6.45, 7) is 7.43. The number of hydrogen-bond acceptors (Lipinski definition) is 1. The van der Waals surface area contributed by atoms with Crippen molar-refractivity contribution in [3.8, 4) is 0 Å². The molecule has 1 heterocycles. The molecular weight excluding hydrogens is 278 g/mol. The third-order valence-corrected chi connectivity index (χ3v) is 4.99. The number of benzene rings is 2. The molecule has 0 aromatic heterocycles. The highest BCUT2D eigenvalue weighted by molar-refractivity contribution is 6.21. The molecule has 0 N–H and O–H groups in total. The Morgan fingerprint density at radius 3 is 2.67 bits per heavy atom. The van der Waals surface area contributed by atoms with Crippen LogP contribution in [0.15, 0.2) is 42.5 Å². The van der Waals surface area contributed by atoms with Crippen molar-refractivity contribution in [2.24, 2.45) is 0 Å². The topological polar surface area (TPSA) is 3.24 Å². The van der Waals surface area contributed by atoms with Gasteiger partial charge in [-0.2, -0.15) is 0 Å². The van der Waals surface area contributed by atoms with Crippen molar-refractivity contribution in [3.63, 3.8) is 0 Å². The largest absolute Gasteiger partial charge is 0.366 e. The van der Waals surface area contributed by atoms with Gasteiger partial charge in [-0.15, -0.1) is 11.6 Å². The molecule has 2 aromatic carbocycles. The lowest BCUT2D eigenvalue weighted by Gasteiger charge is -2.27. The Labute approximate surface area is 132 Å². The van der Waals surface area contributed by atoms with Gasteiger partial charge in [-0.05, 0) is 55.5 Å². The summed E-state index contributed by atoms with van der Waals surface area (Å²) in [6.07, 6.45) is 1.12. The van der Waals surface area contributed by atoms with Crippen LogP contribution >= 0.6 is 11.6 Å². The van der Waals surface area contributed by atoms with E-state index in [0.29, 0.717) is 6.04 Å². The van der Waals surface area contributed by atoms with Gasteiger partial charge in [0.15, 0.2) is 0 Å². The van der Waals surface area contributed by atoms with Crippen molar-refractivity contribution < 1.29 is 0 Å². The smallest absolute Gasteiger partial charge is 0.0760 e. The third-order valence-electron chi connectivity index (χ3n) is 4.60. The second-order valence-electron chi connectivity index (χ2n) is 6.15. The fourth-order valence-corrected chi connectivity index (χ4v) is 3.43. The molecule has 1 aliphatic heterocycles. The van der Waals surface area contributed by atoms with Gasteiger partial charge in [-0.1, -0.05) is 36.4 Å². The van der Waals surface area contributed by atoms with Gasteiger partial charge in [0, 0.05) is 18.3 Å². The standard InChI is InChI=1S/C19H22ClN/c1-13-8-9-16(10-14(13)2)18(20)12-21-15(3)11-17-6-4-5-7-19(17)21/h4-10,15,18H,11-12H2,1-3H3. The lowest BCUT2D eigenvalue weighted by atomic mass is 10.0. The molecule has 0 spiro atoms. The van der Waals surface area contributed by atoms with E-state index < -0.39 is 0 Å². The van der Waals surface area contributed by atoms with Crippen LogP contribution in [0.3, 0.4) is 0 Å². The van der Waals surface area contributed by atoms with Crippen LogP contribution in [0.5, 0.6) is 0 Å². The highest BCUT2D eigenvalue weighted by atomic mass is 35.5. The molecule has 21 heavy (non-hydrogen) atoms. The fraction of sp³-hybridized carbons (Fsp3) is 0.368. The van der Waals surface area contributed by atoms with Crippen LogP contribution in [0.4, 0.5) is 5.69 Å². The zero-order valence-corrected chi connectivity index (χ0v) is 13.7. The van der Waals surface area contributed by atoms with Crippen LogP contribution in [0.2, 0.25) is 0 Å². The van der Waals surface area contributed by atoms with Crippen molar-refractivity contribution in [2.45, 2.75) is 38.6 Å². The fourth-order valence-electron chi connectivity index (χ4n) is 3.15. The number of rotatable bonds is 3. The van der Waals surface area contributed by atoms with E-state index in [1.165, 1.54) is 27.9 Å². The lowest BCUT2D eigenvalue weighted by Crippen LogP contribution is -2.32. The number of hydrogen-bond donors (Lipinski definition) is 0. The maximum absolute atomic E-state index is 6.70. The molecule has 2 aromatic rings. The average molecular weight is 300 g/mol. The second kappa shape index (κ2) is 5.73. The molecule has 1 aliphatic rings.